The summed E-state index contributed by atoms with van der Waals surface area (Å²) in [5, 5.41) is 15.7. The Morgan fingerprint density at radius 2 is 2.24 bits per heavy atom. The van der Waals surface area contributed by atoms with Gasteiger partial charge in [0.15, 0.2) is 0 Å². The van der Waals surface area contributed by atoms with E-state index in [0.717, 1.165) is 17.8 Å². The second kappa shape index (κ2) is 8.51. The number of nitrogens with zero attached hydrogens (tertiary/aromatic N) is 3. The van der Waals surface area contributed by atoms with E-state index in [9.17, 15) is 14.3 Å². The predicted molar refractivity (Wildman–Crippen MR) is 107 cm³/mol. The number of carbonyl (C=O) groups is 1. The first-order valence-corrected chi connectivity index (χ1v) is 10.1. The summed E-state index contributed by atoms with van der Waals surface area (Å²) in [6, 6.07) is 3.15. The van der Waals surface area contributed by atoms with E-state index in [1.807, 2.05) is 6.20 Å². The summed E-state index contributed by atoms with van der Waals surface area (Å²) < 4.78 is 13.7. The standard InChI is InChI=1S/C20H23ClFN5O2/c21-15-4-3-13(7-16(15)22)18(11-28)26-20(29)27-6-5-14-9-24-19(25-17(14)10-27)23-8-12-1-2-12/h3-4,7,9,12,18,28H,1-2,5-6,8,10-11H2,(H,26,29)(H,23,24,25)/t18-/m1/s1. The van der Waals surface area contributed by atoms with Crippen LogP contribution < -0.4 is 10.6 Å². The largest absolute Gasteiger partial charge is 0.394 e. The molecule has 0 bridgehead atoms. The summed E-state index contributed by atoms with van der Waals surface area (Å²) in [5.74, 6) is 0.708. The molecule has 1 aliphatic carbocycles. The molecule has 2 aliphatic rings. The number of benzene rings is 1. The average Bonchev–Trinajstić information content (AvgIpc) is 3.56. The number of carbonyl (C=O) groups excluding carboxylic acids is 1. The van der Waals surface area contributed by atoms with Crippen LogP contribution in [0, 0.1) is 11.7 Å². The Kier molecular flexibility index (Phi) is 5.82. The van der Waals surface area contributed by atoms with E-state index in [1.165, 1.54) is 25.0 Å². The first-order chi connectivity index (χ1) is 14.0. The fraction of sp³-hybridized carbons (Fsp3) is 0.450. The number of nitrogens with one attached hydrogen (secondary N) is 2. The minimum atomic E-state index is -0.725. The fourth-order valence-electron chi connectivity index (χ4n) is 3.32. The van der Waals surface area contributed by atoms with Crippen molar-refractivity contribution in [2.45, 2.75) is 31.8 Å². The summed E-state index contributed by atoms with van der Waals surface area (Å²) in [6.07, 6.45) is 4.97. The molecule has 1 saturated carbocycles. The zero-order chi connectivity index (χ0) is 20.4. The van der Waals surface area contributed by atoms with Crippen LogP contribution in [-0.2, 0) is 13.0 Å². The lowest BCUT2D eigenvalue weighted by Gasteiger charge is -2.30. The second-order valence-corrected chi connectivity index (χ2v) is 7.93. The summed E-state index contributed by atoms with van der Waals surface area (Å²) in [6.45, 7) is 1.40. The summed E-state index contributed by atoms with van der Waals surface area (Å²) >= 11 is 5.71. The number of fused-ring (bicyclic) bond motifs is 1. The van der Waals surface area contributed by atoms with Gasteiger partial charge < -0.3 is 20.6 Å². The van der Waals surface area contributed by atoms with Gasteiger partial charge in [0, 0.05) is 19.3 Å². The van der Waals surface area contributed by atoms with E-state index < -0.39 is 11.9 Å². The number of urea groups is 1. The maximum absolute atomic E-state index is 13.7. The first kappa shape index (κ1) is 19.8. The number of aromatic nitrogens is 2. The van der Waals surface area contributed by atoms with Crippen molar-refractivity contribution in [1.82, 2.24) is 20.2 Å². The van der Waals surface area contributed by atoms with Gasteiger partial charge in [0.1, 0.15) is 5.82 Å². The fourth-order valence-corrected chi connectivity index (χ4v) is 3.44. The molecule has 1 fully saturated rings. The highest BCUT2D eigenvalue weighted by molar-refractivity contribution is 6.30. The number of hydrogen-bond acceptors (Lipinski definition) is 5. The van der Waals surface area contributed by atoms with Crippen LogP contribution in [0.15, 0.2) is 24.4 Å². The normalized spacial score (nSPS) is 16.9. The lowest BCUT2D eigenvalue weighted by Crippen LogP contribution is -2.45. The topological polar surface area (TPSA) is 90.4 Å². The number of aliphatic hydroxyl groups excluding tert-OH is 1. The molecule has 0 saturated heterocycles. The summed E-state index contributed by atoms with van der Waals surface area (Å²) in [7, 11) is 0. The Labute approximate surface area is 173 Å². The van der Waals surface area contributed by atoms with Gasteiger partial charge in [-0.1, -0.05) is 17.7 Å². The van der Waals surface area contributed by atoms with Crippen LogP contribution in [0.1, 0.15) is 35.7 Å². The van der Waals surface area contributed by atoms with E-state index in [0.29, 0.717) is 36.9 Å². The molecule has 1 aromatic heterocycles. The maximum Gasteiger partial charge on any atom is 0.318 e. The lowest BCUT2D eigenvalue weighted by molar-refractivity contribution is 0.176. The van der Waals surface area contributed by atoms with Crippen molar-refractivity contribution < 1.29 is 14.3 Å². The molecule has 4 rings (SSSR count). The molecule has 154 valence electrons. The van der Waals surface area contributed by atoms with Gasteiger partial charge in [-0.2, -0.15) is 0 Å². The van der Waals surface area contributed by atoms with Gasteiger partial charge in [0.2, 0.25) is 5.95 Å². The van der Waals surface area contributed by atoms with Gasteiger partial charge in [-0.15, -0.1) is 0 Å². The molecule has 1 atom stereocenters. The van der Waals surface area contributed by atoms with Crippen molar-refractivity contribution >= 4 is 23.6 Å². The molecular formula is C20H23ClFN5O2. The van der Waals surface area contributed by atoms with Gasteiger partial charge in [0.25, 0.3) is 0 Å². The highest BCUT2D eigenvalue weighted by atomic mass is 35.5. The Hall–Kier alpha value is -2.45. The number of hydrogen-bond donors (Lipinski definition) is 3. The number of anilines is 1. The van der Waals surface area contributed by atoms with Crippen LogP contribution in [0.5, 0.6) is 0 Å². The Balaban J connectivity index is 1.41. The van der Waals surface area contributed by atoms with E-state index in [2.05, 4.69) is 20.6 Å². The van der Waals surface area contributed by atoms with Crippen molar-refractivity contribution in [2.75, 3.05) is 25.0 Å². The number of amides is 2. The van der Waals surface area contributed by atoms with Gasteiger partial charge in [-0.05, 0) is 48.4 Å². The van der Waals surface area contributed by atoms with Crippen LogP contribution in [0.25, 0.3) is 0 Å². The van der Waals surface area contributed by atoms with Crippen LogP contribution >= 0.6 is 11.6 Å². The van der Waals surface area contributed by atoms with E-state index >= 15 is 0 Å². The van der Waals surface area contributed by atoms with E-state index in [4.69, 9.17) is 11.6 Å². The lowest BCUT2D eigenvalue weighted by atomic mass is 10.1. The minimum absolute atomic E-state index is 0.00446. The van der Waals surface area contributed by atoms with Gasteiger partial charge in [0.05, 0.1) is 29.9 Å². The Bertz CT molecular complexity index is 908. The van der Waals surface area contributed by atoms with Gasteiger partial charge in [-0.25, -0.2) is 19.2 Å². The molecule has 29 heavy (non-hydrogen) atoms. The molecule has 1 aliphatic heterocycles. The van der Waals surface area contributed by atoms with Crippen molar-refractivity contribution in [3.8, 4) is 0 Å². The zero-order valence-corrected chi connectivity index (χ0v) is 16.6. The molecule has 0 spiro atoms. The highest BCUT2D eigenvalue weighted by Gasteiger charge is 2.25. The van der Waals surface area contributed by atoms with Gasteiger partial charge in [-0.3, -0.25) is 0 Å². The molecule has 7 nitrogen and oxygen atoms in total. The predicted octanol–water partition coefficient (Wildman–Crippen LogP) is 2.89. The molecule has 3 N–H and O–H groups in total. The average molecular weight is 420 g/mol. The molecular weight excluding hydrogens is 397 g/mol. The highest BCUT2D eigenvalue weighted by Crippen LogP contribution is 2.28. The zero-order valence-electron chi connectivity index (χ0n) is 15.9. The van der Waals surface area contributed by atoms with Crippen LogP contribution in [0.3, 0.4) is 0 Å². The molecule has 2 aromatic rings. The maximum atomic E-state index is 13.7. The first-order valence-electron chi connectivity index (χ1n) is 9.73. The summed E-state index contributed by atoms with van der Waals surface area (Å²) in [4.78, 5) is 23.3. The van der Waals surface area contributed by atoms with Crippen molar-refractivity contribution in [3.05, 3.63) is 52.1 Å². The number of rotatable bonds is 6. The third kappa shape index (κ3) is 4.76. The van der Waals surface area contributed by atoms with E-state index in [-0.39, 0.29) is 17.7 Å². The molecule has 2 heterocycles. The molecule has 1 aromatic carbocycles. The third-order valence-corrected chi connectivity index (χ3v) is 5.61. The van der Waals surface area contributed by atoms with Crippen molar-refractivity contribution in [3.63, 3.8) is 0 Å². The smallest absolute Gasteiger partial charge is 0.318 e. The monoisotopic (exact) mass is 419 g/mol. The minimum Gasteiger partial charge on any atom is -0.394 e. The molecule has 0 unspecified atom stereocenters. The second-order valence-electron chi connectivity index (χ2n) is 7.52. The van der Waals surface area contributed by atoms with Crippen LogP contribution in [0.2, 0.25) is 5.02 Å². The third-order valence-electron chi connectivity index (χ3n) is 5.31. The van der Waals surface area contributed by atoms with Crippen molar-refractivity contribution in [1.29, 1.82) is 0 Å². The molecule has 2 amide bonds. The van der Waals surface area contributed by atoms with Crippen LogP contribution in [-0.4, -0.2) is 45.7 Å². The SMILES string of the molecule is O=C(N[C@H](CO)c1ccc(Cl)c(F)c1)N1CCc2cnc(NCC3CC3)nc2C1. The van der Waals surface area contributed by atoms with Crippen molar-refractivity contribution in [2.24, 2.45) is 5.92 Å². The van der Waals surface area contributed by atoms with Crippen LogP contribution in [0.4, 0.5) is 15.1 Å². The number of halogens is 2. The molecule has 0 radical (unpaired) electrons. The van der Waals surface area contributed by atoms with Gasteiger partial charge >= 0.3 is 6.03 Å². The Morgan fingerprint density at radius 1 is 1.41 bits per heavy atom. The number of aliphatic hydroxyl groups is 1. The summed E-state index contributed by atoms with van der Waals surface area (Å²) in [5.41, 5.74) is 2.30. The molecule has 9 heteroatoms. The Morgan fingerprint density at radius 3 is 2.97 bits per heavy atom. The van der Waals surface area contributed by atoms with E-state index in [1.54, 1.807) is 11.0 Å². The quantitative estimate of drug-likeness (QED) is 0.669.